The van der Waals surface area contributed by atoms with Gasteiger partial charge in [-0.25, -0.2) is 0 Å². The predicted molar refractivity (Wildman–Crippen MR) is 98.1 cm³/mol. The van der Waals surface area contributed by atoms with Crippen molar-refractivity contribution in [2.45, 2.75) is 39.2 Å². The monoisotopic (exact) mass is 430 g/mol. The Labute approximate surface area is 147 Å². The molecule has 0 aliphatic rings. The van der Waals surface area contributed by atoms with Gasteiger partial charge in [-0.3, -0.25) is 4.98 Å². The Bertz CT molecular complexity index is 583. The molecular formula is C16H20Br2N2S. The Kier molecular flexibility index (Phi) is 6.86. The summed E-state index contributed by atoms with van der Waals surface area (Å²) in [5.74, 6) is 0. The van der Waals surface area contributed by atoms with E-state index in [1.807, 2.05) is 17.5 Å². The third kappa shape index (κ3) is 4.88. The number of halogens is 2. The first kappa shape index (κ1) is 17.1. The second-order valence-corrected chi connectivity index (χ2v) is 7.98. The molecule has 0 aliphatic carbocycles. The fourth-order valence-electron chi connectivity index (χ4n) is 2.19. The standard InChI is InChI=1S/C16H20Br2N2S/c1-3-7-19-15(9-13-6-5-12(4-2)21-13)16-14(18)8-11(17)10-20-16/h5-6,8,10,15,19H,3-4,7,9H2,1-2H3. The number of hydrogen-bond donors (Lipinski definition) is 1. The normalized spacial score (nSPS) is 12.6. The van der Waals surface area contributed by atoms with Gasteiger partial charge in [-0.1, -0.05) is 13.8 Å². The third-order valence-corrected chi connectivity index (χ3v) is 5.60. The van der Waals surface area contributed by atoms with Crippen molar-refractivity contribution in [3.63, 3.8) is 0 Å². The average Bonchev–Trinajstić information content (AvgIpc) is 2.91. The van der Waals surface area contributed by atoms with E-state index in [1.165, 1.54) is 9.75 Å². The van der Waals surface area contributed by atoms with Crippen LogP contribution in [0.5, 0.6) is 0 Å². The van der Waals surface area contributed by atoms with Crippen LogP contribution < -0.4 is 5.32 Å². The topological polar surface area (TPSA) is 24.9 Å². The summed E-state index contributed by atoms with van der Waals surface area (Å²) in [5, 5.41) is 3.62. The molecule has 1 N–H and O–H groups in total. The highest BCUT2D eigenvalue weighted by Crippen LogP contribution is 2.29. The van der Waals surface area contributed by atoms with Crippen LogP contribution in [0.1, 0.15) is 41.8 Å². The van der Waals surface area contributed by atoms with E-state index >= 15 is 0 Å². The molecule has 5 heteroatoms. The molecule has 2 heterocycles. The van der Waals surface area contributed by atoms with E-state index in [0.29, 0.717) is 0 Å². The van der Waals surface area contributed by atoms with E-state index in [2.05, 4.69) is 74.2 Å². The van der Waals surface area contributed by atoms with Gasteiger partial charge in [0.25, 0.3) is 0 Å². The van der Waals surface area contributed by atoms with Gasteiger partial charge in [-0.15, -0.1) is 11.3 Å². The van der Waals surface area contributed by atoms with Crippen LogP contribution in [0.4, 0.5) is 0 Å². The molecule has 0 spiro atoms. The lowest BCUT2D eigenvalue weighted by Crippen LogP contribution is -2.25. The maximum atomic E-state index is 4.60. The van der Waals surface area contributed by atoms with Crippen molar-refractivity contribution in [3.05, 3.63) is 48.8 Å². The van der Waals surface area contributed by atoms with Crippen LogP contribution in [-0.2, 0) is 12.8 Å². The largest absolute Gasteiger partial charge is 0.308 e. The van der Waals surface area contributed by atoms with Gasteiger partial charge in [-0.2, -0.15) is 0 Å². The molecule has 0 aliphatic heterocycles. The molecule has 2 aromatic heterocycles. The molecule has 0 saturated heterocycles. The van der Waals surface area contributed by atoms with Crippen molar-refractivity contribution in [2.24, 2.45) is 0 Å². The lowest BCUT2D eigenvalue weighted by atomic mass is 10.1. The Balaban J connectivity index is 2.20. The fraction of sp³-hybridized carbons (Fsp3) is 0.438. The summed E-state index contributed by atoms with van der Waals surface area (Å²) in [6, 6.07) is 6.79. The third-order valence-electron chi connectivity index (χ3n) is 3.28. The van der Waals surface area contributed by atoms with Crippen molar-refractivity contribution < 1.29 is 0 Å². The van der Waals surface area contributed by atoms with Crippen LogP contribution in [0.3, 0.4) is 0 Å². The molecule has 2 rings (SSSR count). The zero-order valence-electron chi connectivity index (χ0n) is 12.3. The minimum Gasteiger partial charge on any atom is -0.308 e. The van der Waals surface area contributed by atoms with Crippen molar-refractivity contribution in [3.8, 4) is 0 Å². The molecule has 0 bridgehead atoms. The van der Waals surface area contributed by atoms with E-state index in [9.17, 15) is 0 Å². The number of rotatable bonds is 7. The van der Waals surface area contributed by atoms with Gasteiger partial charge in [0.1, 0.15) is 0 Å². The fourth-order valence-corrected chi connectivity index (χ4v) is 4.46. The molecule has 0 radical (unpaired) electrons. The van der Waals surface area contributed by atoms with Crippen molar-refractivity contribution >= 4 is 43.2 Å². The molecule has 21 heavy (non-hydrogen) atoms. The van der Waals surface area contributed by atoms with Gasteiger partial charge in [0.2, 0.25) is 0 Å². The summed E-state index contributed by atoms with van der Waals surface area (Å²) >= 11 is 9.02. The maximum Gasteiger partial charge on any atom is 0.0719 e. The number of aromatic nitrogens is 1. The summed E-state index contributed by atoms with van der Waals surface area (Å²) in [6.45, 7) is 5.39. The number of aryl methyl sites for hydroxylation is 1. The summed E-state index contributed by atoms with van der Waals surface area (Å²) in [5.41, 5.74) is 1.08. The average molecular weight is 432 g/mol. The number of pyridine rings is 1. The first-order valence-electron chi connectivity index (χ1n) is 7.26. The van der Waals surface area contributed by atoms with Crippen molar-refractivity contribution in [1.82, 2.24) is 10.3 Å². The molecule has 0 amide bonds. The second-order valence-electron chi connectivity index (χ2n) is 4.95. The summed E-state index contributed by atoms with van der Waals surface area (Å²) in [4.78, 5) is 7.46. The van der Waals surface area contributed by atoms with Crippen LogP contribution >= 0.6 is 43.2 Å². The van der Waals surface area contributed by atoms with Crippen LogP contribution in [0.2, 0.25) is 0 Å². The van der Waals surface area contributed by atoms with E-state index in [0.717, 1.165) is 40.4 Å². The number of nitrogens with zero attached hydrogens (tertiary/aromatic N) is 1. The molecule has 1 atom stereocenters. The van der Waals surface area contributed by atoms with E-state index in [-0.39, 0.29) is 6.04 Å². The van der Waals surface area contributed by atoms with Gasteiger partial charge >= 0.3 is 0 Å². The maximum absolute atomic E-state index is 4.60. The van der Waals surface area contributed by atoms with Gasteiger partial charge < -0.3 is 5.32 Å². The van der Waals surface area contributed by atoms with Gasteiger partial charge in [0, 0.05) is 31.3 Å². The van der Waals surface area contributed by atoms with E-state index in [1.54, 1.807) is 0 Å². The van der Waals surface area contributed by atoms with Gasteiger partial charge in [0.15, 0.2) is 0 Å². The van der Waals surface area contributed by atoms with Gasteiger partial charge in [0.05, 0.1) is 11.7 Å². The van der Waals surface area contributed by atoms with Crippen LogP contribution in [0, 0.1) is 0 Å². The Morgan fingerprint density at radius 3 is 2.62 bits per heavy atom. The number of hydrogen-bond acceptors (Lipinski definition) is 3. The van der Waals surface area contributed by atoms with Crippen molar-refractivity contribution in [2.75, 3.05) is 6.54 Å². The minimum absolute atomic E-state index is 0.246. The first-order valence-corrected chi connectivity index (χ1v) is 9.66. The molecule has 2 aromatic rings. The SMILES string of the molecule is CCCNC(Cc1ccc(CC)s1)c1ncc(Br)cc1Br. The van der Waals surface area contributed by atoms with Crippen LogP contribution in [-0.4, -0.2) is 11.5 Å². The highest BCUT2D eigenvalue weighted by molar-refractivity contribution is 9.11. The quantitative estimate of drug-likeness (QED) is 0.624. The Morgan fingerprint density at radius 1 is 1.24 bits per heavy atom. The first-order chi connectivity index (χ1) is 10.1. The van der Waals surface area contributed by atoms with Crippen LogP contribution in [0.25, 0.3) is 0 Å². The molecule has 0 saturated carbocycles. The van der Waals surface area contributed by atoms with E-state index in [4.69, 9.17) is 0 Å². The van der Waals surface area contributed by atoms with Crippen LogP contribution in [0.15, 0.2) is 33.3 Å². The smallest absolute Gasteiger partial charge is 0.0719 e. The summed E-state index contributed by atoms with van der Waals surface area (Å²) in [7, 11) is 0. The highest BCUT2D eigenvalue weighted by Gasteiger charge is 2.17. The zero-order chi connectivity index (χ0) is 15.2. The van der Waals surface area contributed by atoms with Gasteiger partial charge in [-0.05, 0) is 69.4 Å². The van der Waals surface area contributed by atoms with E-state index < -0.39 is 0 Å². The summed E-state index contributed by atoms with van der Waals surface area (Å²) in [6.07, 6.45) is 5.08. The lowest BCUT2D eigenvalue weighted by molar-refractivity contribution is 0.518. The number of thiophene rings is 1. The molecule has 0 aromatic carbocycles. The molecular weight excluding hydrogens is 412 g/mol. The molecule has 0 fully saturated rings. The highest BCUT2D eigenvalue weighted by atomic mass is 79.9. The Hall–Kier alpha value is -0.230. The second kappa shape index (κ2) is 8.42. The number of nitrogens with one attached hydrogen (secondary N) is 1. The molecule has 1 unspecified atom stereocenters. The van der Waals surface area contributed by atoms with Crippen molar-refractivity contribution in [1.29, 1.82) is 0 Å². The molecule has 114 valence electrons. The summed E-state index contributed by atoms with van der Waals surface area (Å²) < 4.78 is 2.05. The predicted octanol–water partition coefficient (Wildman–Crippen LogP) is 5.51. The zero-order valence-corrected chi connectivity index (χ0v) is 16.3. The Morgan fingerprint density at radius 2 is 2.00 bits per heavy atom. The lowest BCUT2D eigenvalue weighted by Gasteiger charge is -2.19. The molecule has 2 nitrogen and oxygen atoms in total. The minimum atomic E-state index is 0.246.